The molecule has 2 aromatic rings. The number of carbonyl (C=O) groups excluding carboxylic acids is 1. The standard InChI is InChI=1S/C21H22N3O3.Ac/c1-3-21(2)15-8-17-18-12(6-11-7-13(22)4-5-16(11)23-18)9-24(17)19(25)14(15)10-27-20(21)26;/h4-5,7-8,12,18H,3,6,9-10,22H2,1-2H3;/q-1;. The number of aromatic nitrogens is 1. The van der Waals surface area contributed by atoms with Gasteiger partial charge in [-0.2, -0.15) is 0 Å². The van der Waals surface area contributed by atoms with Crippen molar-refractivity contribution in [3.05, 3.63) is 62.3 Å². The van der Waals surface area contributed by atoms with Gasteiger partial charge in [-0.3, -0.25) is 9.59 Å². The first kappa shape index (κ1) is 20.0. The quantitative estimate of drug-likeness (QED) is 0.408. The first-order valence-corrected chi connectivity index (χ1v) is 9.46. The van der Waals surface area contributed by atoms with E-state index in [0.717, 1.165) is 34.6 Å². The summed E-state index contributed by atoms with van der Waals surface area (Å²) in [5.74, 6) is -0.0156. The number of rotatable bonds is 1. The Labute approximate surface area is 199 Å². The number of nitrogens with two attached hydrogens (primary N) is 1. The van der Waals surface area contributed by atoms with Crippen molar-refractivity contribution in [1.82, 2.24) is 4.57 Å². The Morgan fingerprint density at radius 2 is 2.11 bits per heavy atom. The van der Waals surface area contributed by atoms with E-state index in [-0.39, 0.29) is 74.2 Å². The molecule has 1 aromatic carbocycles. The van der Waals surface area contributed by atoms with Crippen LogP contribution >= 0.6 is 0 Å². The normalized spacial score (nSPS) is 26.7. The molecule has 1 aromatic heterocycles. The number of esters is 1. The second kappa shape index (κ2) is 6.88. The van der Waals surface area contributed by atoms with Gasteiger partial charge in [0.1, 0.15) is 6.61 Å². The van der Waals surface area contributed by atoms with Gasteiger partial charge in [-0.05, 0) is 49.4 Å². The summed E-state index contributed by atoms with van der Waals surface area (Å²) in [4.78, 5) is 25.6. The summed E-state index contributed by atoms with van der Waals surface area (Å²) in [7, 11) is 0. The maximum absolute atomic E-state index is 13.2. The van der Waals surface area contributed by atoms with Gasteiger partial charge in [0.2, 0.25) is 0 Å². The predicted molar refractivity (Wildman–Crippen MR) is 102 cm³/mol. The smallest absolute Gasteiger partial charge is 0.316 e. The van der Waals surface area contributed by atoms with Gasteiger partial charge in [0.05, 0.1) is 11.0 Å². The van der Waals surface area contributed by atoms with Gasteiger partial charge in [-0.25, -0.2) is 0 Å². The number of hydrogen-bond donors (Lipinski definition) is 1. The van der Waals surface area contributed by atoms with Gasteiger partial charge in [-0.1, -0.05) is 24.6 Å². The van der Waals surface area contributed by atoms with Crippen LogP contribution in [0.2, 0.25) is 0 Å². The molecule has 143 valence electrons. The van der Waals surface area contributed by atoms with Crippen LogP contribution < -0.4 is 11.3 Å². The van der Waals surface area contributed by atoms with Gasteiger partial charge in [0.25, 0.3) is 5.56 Å². The molecule has 6 nitrogen and oxygen atoms in total. The molecule has 4 heterocycles. The van der Waals surface area contributed by atoms with Crippen LogP contribution in [0, 0.1) is 50.0 Å². The fourth-order valence-corrected chi connectivity index (χ4v) is 4.77. The molecule has 0 bridgehead atoms. The molecule has 3 aliphatic heterocycles. The summed E-state index contributed by atoms with van der Waals surface area (Å²) < 4.78 is 7.18. The van der Waals surface area contributed by atoms with Crippen LogP contribution in [-0.4, -0.2) is 10.5 Å². The zero-order valence-electron chi connectivity index (χ0n) is 16.1. The van der Waals surface area contributed by atoms with Gasteiger partial charge >= 0.3 is 5.97 Å². The number of benzene rings is 1. The minimum Gasteiger partial charge on any atom is -0.676 e. The maximum Gasteiger partial charge on any atom is 0.316 e. The van der Waals surface area contributed by atoms with Crippen molar-refractivity contribution in [1.29, 1.82) is 0 Å². The number of nitrogen functional groups attached to an aromatic ring is 1. The van der Waals surface area contributed by atoms with E-state index in [2.05, 4.69) is 0 Å². The average molecular weight is 591 g/mol. The number of ether oxygens (including phenoxy) is 1. The Hall–Kier alpha value is -1.32. The van der Waals surface area contributed by atoms with Crippen molar-refractivity contribution in [2.75, 3.05) is 5.73 Å². The molecule has 0 spiro atoms. The van der Waals surface area contributed by atoms with E-state index < -0.39 is 5.41 Å². The van der Waals surface area contributed by atoms with E-state index in [1.54, 1.807) is 0 Å². The van der Waals surface area contributed by atoms with Crippen molar-refractivity contribution < 1.29 is 53.6 Å². The summed E-state index contributed by atoms with van der Waals surface area (Å²) in [6, 6.07) is 7.78. The first-order valence-electron chi connectivity index (χ1n) is 9.46. The molecule has 5 rings (SSSR count). The Morgan fingerprint density at radius 1 is 1.32 bits per heavy atom. The van der Waals surface area contributed by atoms with Crippen LogP contribution in [0.3, 0.4) is 0 Å². The molecular formula is C21H22AcN3O3-. The second-order valence-corrected chi connectivity index (χ2v) is 8.07. The molecule has 0 saturated heterocycles. The molecule has 2 N–H and O–H groups in total. The van der Waals surface area contributed by atoms with Crippen molar-refractivity contribution >= 4 is 17.3 Å². The van der Waals surface area contributed by atoms with Crippen LogP contribution in [0.15, 0.2) is 29.1 Å². The van der Waals surface area contributed by atoms with Gasteiger partial charge in [0, 0.05) is 62.0 Å². The molecule has 1 radical (unpaired) electrons. The minimum absolute atomic E-state index is 0. The summed E-state index contributed by atoms with van der Waals surface area (Å²) in [6.07, 6.45) is 1.44. The van der Waals surface area contributed by atoms with Crippen molar-refractivity contribution in [2.45, 2.75) is 51.3 Å². The summed E-state index contributed by atoms with van der Waals surface area (Å²) in [5.41, 5.74) is 10.3. The van der Waals surface area contributed by atoms with E-state index in [4.69, 9.17) is 15.8 Å². The van der Waals surface area contributed by atoms with E-state index >= 15 is 0 Å². The molecule has 28 heavy (non-hydrogen) atoms. The molecular weight excluding hydrogens is 569 g/mol. The molecule has 0 saturated carbocycles. The van der Waals surface area contributed by atoms with Crippen molar-refractivity contribution in [2.24, 2.45) is 5.92 Å². The first-order chi connectivity index (χ1) is 12.9. The molecule has 7 heteroatoms. The number of hydrogen-bond acceptors (Lipinski definition) is 4. The summed E-state index contributed by atoms with van der Waals surface area (Å²) >= 11 is 0. The topological polar surface area (TPSA) is 88.4 Å². The maximum atomic E-state index is 13.2. The third kappa shape index (κ3) is 2.69. The van der Waals surface area contributed by atoms with E-state index in [0.29, 0.717) is 18.5 Å². The average Bonchev–Trinajstić information content (AvgIpc) is 3.01. The number of cyclic esters (lactones) is 1. The monoisotopic (exact) mass is 591 g/mol. The summed E-state index contributed by atoms with van der Waals surface area (Å²) in [6.45, 7) is 4.52. The Kier molecular flexibility index (Phi) is 4.91. The number of fused-ring (bicyclic) bond motifs is 5. The molecule has 3 aliphatic rings. The second-order valence-electron chi connectivity index (χ2n) is 8.07. The number of carbonyl (C=O) groups is 1. The van der Waals surface area contributed by atoms with Crippen molar-refractivity contribution in [3.63, 3.8) is 0 Å². The Morgan fingerprint density at radius 3 is 2.86 bits per heavy atom. The molecule has 0 fully saturated rings. The SMILES string of the molecule is CCC1(C)C(=O)OCc2c1cc1n(c2=O)CC2Cc3cc(N)ccc3[N-]C12.[Ac]. The third-order valence-corrected chi connectivity index (χ3v) is 6.56. The van der Waals surface area contributed by atoms with E-state index in [1.165, 1.54) is 0 Å². The fraction of sp³-hybridized carbons (Fsp3) is 0.429. The van der Waals surface area contributed by atoms with E-state index in [9.17, 15) is 9.59 Å². The number of nitrogens with zero attached hydrogens (tertiary/aromatic N) is 2. The molecule has 3 unspecified atom stereocenters. The third-order valence-electron chi connectivity index (χ3n) is 6.56. The molecule has 3 atom stereocenters. The molecule has 0 amide bonds. The number of anilines is 1. The number of pyridine rings is 1. The molecule has 0 aliphatic carbocycles. The zero-order chi connectivity index (χ0) is 18.9. The van der Waals surface area contributed by atoms with Crippen LogP contribution in [0.5, 0.6) is 0 Å². The zero-order valence-corrected chi connectivity index (χ0v) is 20.8. The fourth-order valence-electron chi connectivity index (χ4n) is 4.77. The van der Waals surface area contributed by atoms with Crippen LogP contribution in [-0.2, 0) is 34.5 Å². The van der Waals surface area contributed by atoms with E-state index in [1.807, 2.05) is 42.7 Å². The Balaban J connectivity index is 0.00000192. The van der Waals surface area contributed by atoms with Gasteiger partial charge in [0.15, 0.2) is 0 Å². The Bertz CT molecular complexity index is 1050. The largest absolute Gasteiger partial charge is 0.676 e. The minimum atomic E-state index is -0.776. The van der Waals surface area contributed by atoms with Crippen LogP contribution in [0.25, 0.3) is 5.32 Å². The van der Waals surface area contributed by atoms with Crippen molar-refractivity contribution in [3.8, 4) is 0 Å². The van der Waals surface area contributed by atoms with Gasteiger partial charge < -0.3 is 20.4 Å². The predicted octanol–water partition coefficient (Wildman–Crippen LogP) is 3.09. The van der Waals surface area contributed by atoms with Crippen LogP contribution in [0.1, 0.15) is 48.7 Å². The van der Waals surface area contributed by atoms with Gasteiger partial charge in [-0.15, -0.1) is 5.69 Å². The van der Waals surface area contributed by atoms with Crippen LogP contribution in [0.4, 0.5) is 11.4 Å². The summed E-state index contributed by atoms with van der Waals surface area (Å²) in [5, 5.41) is 4.94.